The Kier molecular flexibility index (Phi) is 5.52. The van der Waals surface area contributed by atoms with Crippen molar-refractivity contribution in [2.45, 2.75) is 17.9 Å². The second kappa shape index (κ2) is 8.22. The molecule has 4 aromatic rings. The average Bonchev–Trinajstić information content (AvgIpc) is 3.25. The van der Waals surface area contributed by atoms with Gasteiger partial charge in [0.05, 0.1) is 4.90 Å². The number of aromatic nitrogens is 1. The molecule has 0 fully saturated rings. The molecule has 0 amide bonds. The maximum Gasteiger partial charge on any atom is 0.244 e. The molecular formula is C22H20N2O2S2. The summed E-state index contributed by atoms with van der Waals surface area (Å²) in [7, 11) is -3.67. The van der Waals surface area contributed by atoms with Crippen LogP contribution in [-0.4, -0.2) is 24.3 Å². The number of sulfonamides is 1. The molecule has 0 aliphatic heterocycles. The molecule has 2 heterocycles. The van der Waals surface area contributed by atoms with Crippen LogP contribution < -0.4 is 0 Å². The normalized spacial score (nSPS) is 11.9. The fourth-order valence-corrected chi connectivity index (χ4v) is 5.57. The number of fused-ring (bicyclic) bond motifs is 1. The summed E-state index contributed by atoms with van der Waals surface area (Å²) in [6.07, 6.45) is 4.09. The van der Waals surface area contributed by atoms with Crippen molar-refractivity contribution in [3.8, 4) is 0 Å². The quantitative estimate of drug-likeness (QED) is 0.444. The van der Waals surface area contributed by atoms with Gasteiger partial charge in [0.2, 0.25) is 10.0 Å². The number of rotatable bonds is 7. The summed E-state index contributed by atoms with van der Waals surface area (Å²) in [5, 5.41) is 3.68. The molecule has 0 saturated heterocycles. The van der Waals surface area contributed by atoms with Crippen LogP contribution in [0.1, 0.15) is 10.4 Å². The van der Waals surface area contributed by atoms with E-state index in [0.29, 0.717) is 24.4 Å². The van der Waals surface area contributed by atoms with Crippen molar-refractivity contribution in [1.82, 2.24) is 9.29 Å². The molecule has 6 heteroatoms. The standard InChI is InChI=1S/C22H20N2O2S2/c25-28(26,22-11-3-8-19-7-1-2-10-21(19)22)24(14-12-20-9-5-15-27-20)17-18-6-4-13-23-16-18/h1-11,13,15-16H,12,14,17H2. The molecule has 28 heavy (non-hydrogen) atoms. The second-order valence-electron chi connectivity index (χ2n) is 6.51. The monoisotopic (exact) mass is 408 g/mol. The van der Waals surface area contributed by atoms with Crippen molar-refractivity contribution in [3.05, 3.63) is 94.9 Å². The van der Waals surface area contributed by atoms with Crippen LogP contribution in [0, 0.1) is 0 Å². The molecule has 0 aliphatic carbocycles. The molecule has 0 atom stereocenters. The number of hydrogen-bond donors (Lipinski definition) is 0. The minimum atomic E-state index is -3.67. The van der Waals surface area contributed by atoms with Crippen molar-refractivity contribution < 1.29 is 8.42 Å². The zero-order chi connectivity index (χ0) is 19.4. The fraction of sp³-hybridized carbons (Fsp3) is 0.136. The molecule has 0 unspecified atom stereocenters. The highest BCUT2D eigenvalue weighted by molar-refractivity contribution is 7.89. The molecule has 4 nitrogen and oxygen atoms in total. The summed E-state index contributed by atoms with van der Waals surface area (Å²) in [6.45, 7) is 0.714. The lowest BCUT2D eigenvalue weighted by Crippen LogP contribution is -2.32. The third-order valence-electron chi connectivity index (χ3n) is 4.64. The largest absolute Gasteiger partial charge is 0.264 e. The van der Waals surface area contributed by atoms with Crippen LogP contribution in [0.5, 0.6) is 0 Å². The van der Waals surface area contributed by atoms with E-state index in [1.54, 1.807) is 40.2 Å². The predicted molar refractivity (Wildman–Crippen MR) is 114 cm³/mol. The Hall–Kier alpha value is -2.54. The highest BCUT2D eigenvalue weighted by Crippen LogP contribution is 2.27. The molecule has 0 bridgehead atoms. The summed E-state index contributed by atoms with van der Waals surface area (Å²) in [4.78, 5) is 5.65. The zero-order valence-electron chi connectivity index (χ0n) is 15.2. The van der Waals surface area contributed by atoms with E-state index in [9.17, 15) is 8.42 Å². The first-order valence-corrected chi connectivity index (χ1v) is 11.4. The van der Waals surface area contributed by atoms with Crippen LogP contribution in [0.15, 0.2) is 89.4 Å². The summed E-state index contributed by atoms with van der Waals surface area (Å²) >= 11 is 1.65. The van der Waals surface area contributed by atoms with Crippen molar-refractivity contribution in [1.29, 1.82) is 0 Å². The summed E-state index contributed by atoms with van der Waals surface area (Å²) in [6, 6.07) is 20.8. The SMILES string of the molecule is O=S(=O)(c1cccc2ccccc12)N(CCc1cccs1)Cc1cccnc1. The fourth-order valence-electron chi connectivity index (χ4n) is 3.23. The van der Waals surface area contributed by atoms with Gasteiger partial charge in [0.25, 0.3) is 0 Å². The molecule has 2 aromatic carbocycles. The van der Waals surface area contributed by atoms with Gasteiger partial charge in [-0.2, -0.15) is 4.31 Å². The Morgan fingerprint density at radius 1 is 0.929 bits per heavy atom. The van der Waals surface area contributed by atoms with E-state index in [1.165, 1.54) is 4.88 Å². The van der Waals surface area contributed by atoms with Gasteiger partial charge in [-0.3, -0.25) is 4.98 Å². The summed E-state index contributed by atoms with van der Waals surface area (Å²) in [5.74, 6) is 0. The molecular weight excluding hydrogens is 388 g/mol. The first-order valence-electron chi connectivity index (χ1n) is 9.04. The van der Waals surface area contributed by atoms with E-state index in [1.807, 2.05) is 60.0 Å². The minimum Gasteiger partial charge on any atom is -0.264 e. The van der Waals surface area contributed by atoms with Gasteiger partial charge in [0, 0.05) is 35.7 Å². The molecule has 0 spiro atoms. The minimum absolute atomic E-state index is 0.296. The Balaban J connectivity index is 1.72. The van der Waals surface area contributed by atoms with E-state index in [4.69, 9.17) is 0 Å². The molecule has 4 rings (SSSR count). The van der Waals surface area contributed by atoms with Crippen LogP contribution in [0.25, 0.3) is 10.8 Å². The number of nitrogens with zero attached hydrogens (tertiary/aromatic N) is 2. The first-order chi connectivity index (χ1) is 13.6. The van der Waals surface area contributed by atoms with E-state index in [-0.39, 0.29) is 0 Å². The lowest BCUT2D eigenvalue weighted by molar-refractivity contribution is 0.410. The highest BCUT2D eigenvalue weighted by atomic mass is 32.2. The Morgan fingerprint density at radius 3 is 2.57 bits per heavy atom. The van der Waals surface area contributed by atoms with Gasteiger partial charge in [-0.15, -0.1) is 11.3 Å². The van der Waals surface area contributed by atoms with Gasteiger partial charge in [0.1, 0.15) is 0 Å². The van der Waals surface area contributed by atoms with Crippen LogP contribution in [-0.2, 0) is 23.0 Å². The van der Waals surface area contributed by atoms with Crippen LogP contribution in [0.3, 0.4) is 0 Å². The van der Waals surface area contributed by atoms with Crippen molar-refractivity contribution in [3.63, 3.8) is 0 Å². The Morgan fingerprint density at radius 2 is 1.79 bits per heavy atom. The zero-order valence-corrected chi connectivity index (χ0v) is 16.9. The van der Waals surface area contributed by atoms with E-state index in [2.05, 4.69) is 4.98 Å². The highest BCUT2D eigenvalue weighted by Gasteiger charge is 2.26. The second-order valence-corrected chi connectivity index (χ2v) is 9.45. The van der Waals surface area contributed by atoms with Gasteiger partial charge in [0.15, 0.2) is 0 Å². The third-order valence-corrected chi connectivity index (χ3v) is 7.48. The van der Waals surface area contributed by atoms with Gasteiger partial charge in [-0.05, 0) is 40.9 Å². The van der Waals surface area contributed by atoms with Crippen molar-refractivity contribution in [2.24, 2.45) is 0 Å². The first kappa shape index (κ1) is 18.8. The topological polar surface area (TPSA) is 50.3 Å². The van der Waals surface area contributed by atoms with Crippen LogP contribution >= 0.6 is 11.3 Å². The van der Waals surface area contributed by atoms with E-state index < -0.39 is 10.0 Å². The maximum atomic E-state index is 13.6. The molecule has 142 valence electrons. The van der Waals surface area contributed by atoms with E-state index >= 15 is 0 Å². The molecule has 0 saturated carbocycles. The van der Waals surface area contributed by atoms with Crippen molar-refractivity contribution >= 4 is 32.1 Å². The maximum absolute atomic E-state index is 13.6. The molecule has 0 aliphatic rings. The van der Waals surface area contributed by atoms with Crippen LogP contribution in [0.4, 0.5) is 0 Å². The molecule has 2 aromatic heterocycles. The van der Waals surface area contributed by atoms with Gasteiger partial charge < -0.3 is 0 Å². The van der Waals surface area contributed by atoms with Crippen LogP contribution in [0.2, 0.25) is 0 Å². The lowest BCUT2D eigenvalue weighted by Gasteiger charge is -2.23. The summed E-state index contributed by atoms with van der Waals surface area (Å²) < 4.78 is 28.8. The summed E-state index contributed by atoms with van der Waals surface area (Å²) in [5.41, 5.74) is 0.873. The number of hydrogen-bond acceptors (Lipinski definition) is 4. The molecule has 0 radical (unpaired) electrons. The van der Waals surface area contributed by atoms with Gasteiger partial charge in [-0.1, -0.05) is 48.5 Å². The Labute approximate surface area is 169 Å². The average molecular weight is 409 g/mol. The smallest absolute Gasteiger partial charge is 0.244 e. The predicted octanol–water partition coefficient (Wildman–Crippen LogP) is 4.73. The number of pyridine rings is 1. The number of benzene rings is 2. The Bertz CT molecular complexity index is 1150. The molecule has 0 N–H and O–H groups in total. The number of thiophene rings is 1. The lowest BCUT2D eigenvalue weighted by atomic mass is 10.1. The van der Waals surface area contributed by atoms with Gasteiger partial charge in [-0.25, -0.2) is 8.42 Å². The van der Waals surface area contributed by atoms with Crippen molar-refractivity contribution in [2.75, 3.05) is 6.54 Å². The van der Waals surface area contributed by atoms with Gasteiger partial charge >= 0.3 is 0 Å². The van der Waals surface area contributed by atoms with E-state index in [0.717, 1.165) is 16.3 Å². The third kappa shape index (κ3) is 3.99.